The molecule has 0 aromatic heterocycles. The molecule has 2 fully saturated rings. The largest absolute Gasteiger partial charge is 0.390 e. The second-order valence-corrected chi connectivity index (χ2v) is 7.79. The Hall–Kier alpha value is -0.450. The van der Waals surface area contributed by atoms with Gasteiger partial charge in [0.1, 0.15) is 0 Å². The number of aliphatic hydroxyl groups is 1. The third-order valence-electron chi connectivity index (χ3n) is 5.32. The first-order valence-electron chi connectivity index (χ1n) is 8.47. The Bertz CT molecular complexity index is 324. The normalized spacial score (nSPS) is 29.9. The molecule has 21 heavy (non-hydrogen) atoms. The molecule has 2 aliphatic heterocycles. The average Bonchev–Trinajstić information content (AvgIpc) is 2.37. The lowest BCUT2D eigenvalue weighted by atomic mass is 9.81. The fraction of sp³-hybridized carbons (Fsp3) is 0.941. The molecule has 2 atom stereocenters. The summed E-state index contributed by atoms with van der Waals surface area (Å²) in [6.45, 7) is 4.72. The topological polar surface area (TPSA) is 66.6 Å². The van der Waals surface area contributed by atoms with Crippen LogP contribution in [0.3, 0.4) is 0 Å². The molecule has 3 N–H and O–H groups in total. The van der Waals surface area contributed by atoms with Gasteiger partial charge in [0.25, 0.3) is 0 Å². The zero-order valence-corrected chi connectivity index (χ0v) is 13.6. The first kappa shape index (κ1) is 16.9. The van der Waals surface area contributed by atoms with E-state index in [1.54, 1.807) is 0 Å². The van der Waals surface area contributed by atoms with Crippen molar-refractivity contribution >= 4 is 6.29 Å². The van der Waals surface area contributed by atoms with Crippen LogP contribution in [-0.2, 0) is 4.79 Å². The second kappa shape index (κ2) is 7.21. The Morgan fingerprint density at radius 1 is 1.24 bits per heavy atom. The first-order valence-corrected chi connectivity index (χ1v) is 8.47. The van der Waals surface area contributed by atoms with E-state index < -0.39 is 6.10 Å². The highest BCUT2D eigenvalue weighted by atomic mass is 16.3. The van der Waals surface area contributed by atoms with Gasteiger partial charge in [-0.3, -0.25) is 9.69 Å². The van der Waals surface area contributed by atoms with E-state index in [1.807, 2.05) is 20.1 Å². The number of rotatable bonds is 7. The summed E-state index contributed by atoms with van der Waals surface area (Å²) in [5.41, 5.74) is 6.01. The van der Waals surface area contributed by atoms with Crippen molar-refractivity contribution in [3.63, 3.8) is 0 Å². The van der Waals surface area contributed by atoms with E-state index in [-0.39, 0.29) is 11.5 Å². The molecule has 0 aliphatic carbocycles. The molecular weight excluding hydrogens is 264 g/mol. The van der Waals surface area contributed by atoms with Crippen molar-refractivity contribution in [2.24, 2.45) is 11.1 Å². The van der Waals surface area contributed by atoms with E-state index in [0.29, 0.717) is 31.5 Å². The lowest BCUT2D eigenvalue weighted by Crippen LogP contribution is -2.55. The van der Waals surface area contributed by atoms with Gasteiger partial charge in [0.15, 0.2) is 6.29 Å². The van der Waals surface area contributed by atoms with Crippen molar-refractivity contribution in [2.45, 2.75) is 89.4 Å². The highest BCUT2D eigenvalue weighted by Gasteiger charge is 2.36. The molecule has 0 amide bonds. The predicted octanol–water partition coefficient (Wildman–Crippen LogP) is 2.00. The average molecular weight is 295 g/mol. The highest BCUT2D eigenvalue weighted by Crippen LogP contribution is 2.34. The van der Waals surface area contributed by atoms with Gasteiger partial charge in [0.05, 0.1) is 6.10 Å². The summed E-state index contributed by atoms with van der Waals surface area (Å²) in [5, 5.41) is 10.5. The summed E-state index contributed by atoms with van der Waals surface area (Å²) in [4.78, 5) is 13.1. The maximum Gasteiger partial charge on any atom is 0.198 e. The zero-order valence-electron chi connectivity index (χ0n) is 13.6. The Balaban J connectivity index is 1.88. The van der Waals surface area contributed by atoms with Gasteiger partial charge >= 0.3 is 0 Å². The van der Waals surface area contributed by atoms with E-state index in [4.69, 9.17) is 5.73 Å². The van der Waals surface area contributed by atoms with Crippen LogP contribution in [0.1, 0.15) is 65.2 Å². The molecule has 0 aromatic rings. The van der Waals surface area contributed by atoms with Crippen LogP contribution in [0.2, 0.25) is 0 Å². The fourth-order valence-electron chi connectivity index (χ4n) is 4.12. The van der Waals surface area contributed by atoms with Crippen LogP contribution >= 0.6 is 0 Å². The summed E-state index contributed by atoms with van der Waals surface area (Å²) in [7, 11) is 0. The third-order valence-corrected chi connectivity index (χ3v) is 5.32. The van der Waals surface area contributed by atoms with Gasteiger partial charge in [-0.15, -0.1) is 0 Å². The molecule has 0 aromatic carbocycles. The predicted molar refractivity (Wildman–Crippen MR) is 84.7 cm³/mol. The van der Waals surface area contributed by atoms with Crippen LogP contribution in [0.15, 0.2) is 0 Å². The summed E-state index contributed by atoms with van der Waals surface area (Å²) in [5.74, 6) is 0. The van der Waals surface area contributed by atoms with Crippen molar-refractivity contribution in [1.29, 1.82) is 0 Å². The van der Waals surface area contributed by atoms with E-state index >= 15 is 0 Å². The number of nitrogens with zero attached hydrogens (tertiary/aromatic N) is 1. The van der Waals surface area contributed by atoms with Crippen LogP contribution in [0, 0.1) is 5.41 Å². The van der Waals surface area contributed by atoms with E-state index in [2.05, 4.69) is 4.90 Å². The molecule has 2 heterocycles. The molecule has 2 rings (SSSR count). The van der Waals surface area contributed by atoms with Gasteiger partial charge in [-0.05, 0) is 37.5 Å². The molecule has 1 radical (unpaired) electrons. The number of aliphatic hydroxyl groups excluding tert-OH is 1. The number of carbonyl (C=O) groups excluding carboxylic acids is 1. The monoisotopic (exact) mass is 295 g/mol. The minimum Gasteiger partial charge on any atom is -0.390 e. The maximum atomic E-state index is 10.6. The standard InChI is InChI=1S/C17H31N2O2/c1-17(2,9-10-20)11-15(18)16(21)12-19-13-5-3-6-14(19)8-4-7-13/h13-16,21H,3-9,11-12,18H2,1-2H3/t13?,14?,15-,16-/m0/s1. The van der Waals surface area contributed by atoms with Crippen LogP contribution in [0.4, 0.5) is 0 Å². The van der Waals surface area contributed by atoms with E-state index in [0.717, 1.165) is 0 Å². The minimum absolute atomic E-state index is 0.181. The Kier molecular flexibility index (Phi) is 5.81. The van der Waals surface area contributed by atoms with Gasteiger partial charge in [-0.2, -0.15) is 0 Å². The number of hydrogen-bond donors (Lipinski definition) is 2. The van der Waals surface area contributed by atoms with Crippen LogP contribution in [0.5, 0.6) is 0 Å². The van der Waals surface area contributed by atoms with Crippen LogP contribution < -0.4 is 5.73 Å². The summed E-state index contributed by atoms with van der Waals surface area (Å²) in [6, 6.07) is 1.03. The van der Waals surface area contributed by atoms with Crippen LogP contribution in [0.25, 0.3) is 0 Å². The van der Waals surface area contributed by atoms with Gasteiger partial charge < -0.3 is 10.8 Å². The van der Waals surface area contributed by atoms with Crippen molar-refractivity contribution < 1.29 is 9.90 Å². The molecule has 0 spiro atoms. The number of nitrogens with two attached hydrogens (primary N) is 1. The smallest absolute Gasteiger partial charge is 0.198 e. The molecule has 0 saturated carbocycles. The Morgan fingerprint density at radius 3 is 2.24 bits per heavy atom. The quantitative estimate of drug-likeness (QED) is 0.754. The molecular formula is C17H31N2O2. The fourth-order valence-corrected chi connectivity index (χ4v) is 4.12. The Labute approximate surface area is 129 Å². The molecule has 2 aliphatic rings. The molecule has 2 bridgehead atoms. The summed E-state index contributed by atoms with van der Waals surface area (Å²) < 4.78 is 0. The lowest BCUT2D eigenvalue weighted by Gasteiger charge is -2.47. The first-order chi connectivity index (χ1) is 9.93. The molecule has 121 valence electrons. The lowest BCUT2D eigenvalue weighted by molar-refractivity contribution is -0.00934. The number of fused-ring (bicyclic) bond motifs is 2. The van der Waals surface area contributed by atoms with Crippen molar-refractivity contribution in [3.8, 4) is 0 Å². The summed E-state index contributed by atoms with van der Waals surface area (Å²) >= 11 is 0. The second-order valence-electron chi connectivity index (χ2n) is 7.79. The molecule has 4 nitrogen and oxygen atoms in total. The minimum atomic E-state index is -0.503. The number of piperidine rings is 2. The summed E-state index contributed by atoms with van der Waals surface area (Å²) in [6.07, 6.45) is 10.2. The maximum absolute atomic E-state index is 10.6. The molecule has 0 unspecified atom stereocenters. The number of hydrogen-bond acceptors (Lipinski definition) is 4. The zero-order chi connectivity index (χ0) is 15.5. The van der Waals surface area contributed by atoms with E-state index in [9.17, 15) is 9.90 Å². The van der Waals surface area contributed by atoms with Gasteiger partial charge in [0, 0.05) is 31.1 Å². The Morgan fingerprint density at radius 2 is 1.76 bits per heavy atom. The highest BCUT2D eigenvalue weighted by molar-refractivity contribution is 5.51. The van der Waals surface area contributed by atoms with Crippen LogP contribution in [-0.4, -0.2) is 47.1 Å². The van der Waals surface area contributed by atoms with Gasteiger partial charge in [0.2, 0.25) is 0 Å². The van der Waals surface area contributed by atoms with Crippen molar-refractivity contribution in [2.75, 3.05) is 6.54 Å². The van der Waals surface area contributed by atoms with E-state index in [1.165, 1.54) is 38.5 Å². The van der Waals surface area contributed by atoms with Gasteiger partial charge in [-0.25, -0.2) is 0 Å². The SMILES string of the molecule is CC(C)(C[C]=O)C[C@H](N)[C@@H](O)CN1C2CCCC1CCC2. The molecule has 2 saturated heterocycles. The third kappa shape index (κ3) is 4.51. The van der Waals surface area contributed by atoms with Crippen molar-refractivity contribution in [3.05, 3.63) is 0 Å². The van der Waals surface area contributed by atoms with Crippen molar-refractivity contribution in [1.82, 2.24) is 4.90 Å². The molecule has 4 heteroatoms. The van der Waals surface area contributed by atoms with Gasteiger partial charge in [-0.1, -0.05) is 26.7 Å².